The minimum absolute atomic E-state index is 0.0301. The van der Waals surface area contributed by atoms with Gasteiger partial charge in [-0.1, -0.05) is 0 Å². The molecule has 0 radical (unpaired) electrons. The Bertz CT molecular complexity index is 400. The molecule has 1 rings (SSSR count). The van der Waals surface area contributed by atoms with Crippen LogP contribution in [-0.2, 0) is 10.3 Å². The van der Waals surface area contributed by atoms with Crippen LogP contribution in [0.1, 0.15) is 5.56 Å². The molecule has 0 spiro atoms. The van der Waals surface area contributed by atoms with E-state index in [1.165, 1.54) is 24.3 Å². The number of rotatable bonds is 1. The van der Waals surface area contributed by atoms with Crippen molar-refractivity contribution in [2.45, 2.75) is 0 Å². The summed E-state index contributed by atoms with van der Waals surface area (Å²) < 4.78 is 33.2. The number of hydrogen-bond acceptors (Lipinski definition) is 2. The molecule has 0 saturated carbocycles. The quantitative estimate of drug-likeness (QED) is 0.561. The Kier molecular flexibility index (Phi) is 2.99. The second-order valence-electron chi connectivity index (χ2n) is 2.02. The maximum absolute atomic E-state index is 12.4. The van der Waals surface area contributed by atoms with Crippen molar-refractivity contribution in [1.29, 1.82) is 0 Å². The lowest BCUT2D eigenvalue weighted by Crippen LogP contribution is -1.91. The average Bonchev–Trinajstić information content (AvgIpc) is 2.04. The van der Waals surface area contributed by atoms with Crippen LogP contribution < -0.4 is 0 Å². The first-order valence-electron chi connectivity index (χ1n) is 2.99. The Morgan fingerprint density at radius 1 is 1.25 bits per heavy atom. The fraction of sp³-hybridized carbons (Fsp3) is 0. The monoisotopic (exact) mass is 250 g/mol. The van der Waals surface area contributed by atoms with Gasteiger partial charge in [-0.3, -0.25) is 0 Å². The Morgan fingerprint density at radius 2 is 1.75 bits per heavy atom. The summed E-state index contributed by atoms with van der Waals surface area (Å²) in [5.74, 6) is -0.393. The van der Waals surface area contributed by atoms with Crippen LogP contribution in [0.2, 0.25) is 0 Å². The first-order chi connectivity index (χ1) is 5.61. The zero-order valence-electron chi connectivity index (χ0n) is 5.79. The molecule has 5 heteroatoms. The third kappa shape index (κ3) is 2.15. The van der Waals surface area contributed by atoms with Gasteiger partial charge in [-0.2, -0.15) is 8.42 Å². The molecule has 0 atom stereocenters. The van der Waals surface area contributed by atoms with Crippen LogP contribution in [0.15, 0.2) is 24.3 Å². The highest BCUT2D eigenvalue weighted by Crippen LogP contribution is 2.06. The van der Waals surface area contributed by atoms with E-state index in [4.69, 9.17) is 0 Å². The van der Waals surface area contributed by atoms with E-state index in [-0.39, 0.29) is 3.77 Å². The first-order valence-corrected chi connectivity index (χ1v) is 4.85. The van der Waals surface area contributed by atoms with Gasteiger partial charge in [0.1, 0.15) is 9.59 Å². The molecular formula is C7H4BrFO2S. The molecule has 0 aliphatic carbocycles. The minimum Gasteiger partial charge on any atom is -0.207 e. The van der Waals surface area contributed by atoms with Crippen molar-refractivity contribution >= 4 is 30.0 Å². The van der Waals surface area contributed by atoms with Crippen LogP contribution in [0.25, 0.3) is 0 Å². The van der Waals surface area contributed by atoms with Crippen molar-refractivity contribution in [1.82, 2.24) is 0 Å². The summed E-state index contributed by atoms with van der Waals surface area (Å²) in [5, 5.41) is 0. The van der Waals surface area contributed by atoms with E-state index in [2.05, 4.69) is 15.9 Å². The van der Waals surface area contributed by atoms with Gasteiger partial charge in [0.2, 0.25) is 10.3 Å². The zero-order valence-corrected chi connectivity index (χ0v) is 8.19. The fourth-order valence-electron chi connectivity index (χ4n) is 0.677. The van der Waals surface area contributed by atoms with Crippen LogP contribution in [-0.4, -0.2) is 12.2 Å². The number of halogens is 2. The second-order valence-corrected chi connectivity index (χ2v) is 4.21. The number of benzene rings is 1. The second kappa shape index (κ2) is 3.82. The normalized spacial score (nSPS) is 9.50. The van der Waals surface area contributed by atoms with Crippen molar-refractivity contribution in [2.75, 3.05) is 0 Å². The predicted octanol–water partition coefficient (Wildman–Crippen LogP) is 1.58. The zero-order chi connectivity index (χ0) is 9.14. The predicted molar refractivity (Wildman–Crippen MR) is 48.4 cm³/mol. The molecule has 1 aromatic rings. The summed E-state index contributed by atoms with van der Waals surface area (Å²) in [7, 11) is -2.31. The summed E-state index contributed by atoms with van der Waals surface area (Å²) in [6.07, 6.45) is 0. The molecule has 0 aromatic heterocycles. The minimum atomic E-state index is -2.31. The van der Waals surface area contributed by atoms with Crippen LogP contribution in [0.3, 0.4) is 0 Å². The molecule has 0 bridgehead atoms. The third-order valence-corrected chi connectivity index (χ3v) is 3.00. The highest BCUT2D eigenvalue weighted by molar-refractivity contribution is 9.20. The van der Waals surface area contributed by atoms with Gasteiger partial charge >= 0.3 is 0 Å². The summed E-state index contributed by atoms with van der Waals surface area (Å²) in [5.41, 5.74) is 0.435. The molecule has 64 valence electrons. The van der Waals surface area contributed by atoms with Crippen molar-refractivity contribution < 1.29 is 12.8 Å². The summed E-state index contributed by atoms with van der Waals surface area (Å²) in [4.78, 5) is 0. The van der Waals surface area contributed by atoms with Gasteiger partial charge in [-0.25, -0.2) is 4.39 Å². The number of hydrogen-bond donors (Lipinski definition) is 0. The highest BCUT2D eigenvalue weighted by atomic mass is 79.9. The average molecular weight is 251 g/mol. The lowest BCUT2D eigenvalue weighted by atomic mass is 10.2. The molecule has 0 aliphatic rings. The molecule has 0 fully saturated rings. The lowest BCUT2D eigenvalue weighted by Gasteiger charge is -1.92. The van der Waals surface area contributed by atoms with Crippen LogP contribution in [0, 0.1) is 5.82 Å². The Labute approximate surface area is 78.7 Å². The fourth-order valence-corrected chi connectivity index (χ4v) is 1.27. The Morgan fingerprint density at radius 3 is 2.17 bits per heavy atom. The molecule has 0 saturated heterocycles. The smallest absolute Gasteiger partial charge is 0.207 e. The molecule has 0 amide bonds. The summed E-state index contributed by atoms with van der Waals surface area (Å²) >= 11 is 2.86. The van der Waals surface area contributed by atoms with E-state index in [1.54, 1.807) is 0 Å². The van der Waals surface area contributed by atoms with E-state index in [0.29, 0.717) is 5.56 Å². The van der Waals surface area contributed by atoms with E-state index < -0.39 is 16.1 Å². The van der Waals surface area contributed by atoms with Gasteiger partial charge in [0.15, 0.2) is 0 Å². The maximum atomic E-state index is 12.4. The van der Waals surface area contributed by atoms with Crippen molar-refractivity contribution in [3.05, 3.63) is 35.6 Å². The van der Waals surface area contributed by atoms with Crippen LogP contribution >= 0.6 is 15.9 Å². The van der Waals surface area contributed by atoms with E-state index in [0.717, 1.165) is 0 Å². The molecular weight excluding hydrogens is 247 g/mol. The van der Waals surface area contributed by atoms with Gasteiger partial charge < -0.3 is 0 Å². The molecule has 12 heavy (non-hydrogen) atoms. The lowest BCUT2D eigenvalue weighted by molar-refractivity contribution is 0.626. The molecule has 0 heterocycles. The molecule has 2 nitrogen and oxygen atoms in total. The van der Waals surface area contributed by atoms with Crippen molar-refractivity contribution in [3.8, 4) is 0 Å². The van der Waals surface area contributed by atoms with E-state index in [1.807, 2.05) is 0 Å². The summed E-state index contributed by atoms with van der Waals surface area (Å²) in [6, 6.07) is 5.16. The van der Waals surface area contributed by atoms with Gasteiger partial charge in [0.25, 0.3) is 0 Å². The van der Waals surface area contributed by atoms with Gasteiger partial charge in [0.05, 0.1) is 0 Å². The standard InChI is InChI=1S/C7H4BrFO2S/c8-7(12(10)11)5-1-3-6(9)4-2-5/h1-4H. The first kappa shape index (κ1) is 9.41. The van der Waals surface area contributed by atoms with Crippen LogP contribution in [0.4, 0.5) is 4.39 Å². The maximum Gasteiger partial charge on any atom is 0.229 e. The third-order valence-electron chi connectivity index (χ3n) is 1.22. The molecule has 1 aromatic carbocycles. The van der Waals surface area contributed by atoms with Gasteiger partial charge in [-0.05, 0) is 40.2 Å². The van der Waals surface area contributed by atoms with Gasteiger partial charge in [-0.15, -0.1) is 0 Å². The van der Waals surface area contributed by atoms with E-state index >= 15 is 0 Å². The Balaban J connectivity index is 3.24. The molecule has 0 unspecified atom stereocenters. The van der Waals surface area contributed by atoms with E-state index in [9.17, 15) is 12.8 Å². The topological polar surface area (TPSA) is 34.1 Å². The van der Waals surface area contributed by atoms with Gasteiger partial charge in [0, 0.05) is 5.56 Å². The van der Waals surface area contributed by atoms with Crippen molar-refractivity contribution in [2.24, 2.45) is 0 Å². The largest absolute Gasteiger partial charge is 0.229 e. The summed E-state index contributed by atoms with van der Waals surface area (Å²) in [6.45, 7) is 0. The Hall–Kier alpha value is -0.680. The SMILES string of the molecule is O=S(=O)=C(Br)c1ccc(F)cc1. The highest BCUT2D eigenvalue weighted by Gasteiger charge is 1.99. The molecule has 0 aliphatic heterocycles. The van der Waals surface area contributed by atoms with Crippen LogP contribution in [0.5, 0.6) is 0 Å². The van der Waals surface area contributed by atoms with Crippen molar-refractivity contribution in [3.63, 3.8) is 0 Å². The molecule has 0 N–H and O–H groups in total.